The number of hydrogen-bond acceptors (Lipinski definition) is 4. The normalized spacial score (nSPS) is 14.1. The molecule has 0 saturated carbocycles. The molecule has 1 aromatic heterocycles. The van der Waals surface area contributed by atoms with Crippen LogP contribution in [0.3, 0.4) is 0 Å². The van der Waals surface area contributed by atoms with Gasteiger partial charge in [0.15, 0.2) is 0 Å². The first-order valence-corrected chi connectivity index (χ1v) is 15.7. The zero-order chi connectivity index (χ0) is 33.7. The molecule has 12 heteroatoms. The summed E-state index contributed by atoms with van der Waals surface area (Å²) in [6, 6.07) is 20.4. The predicted octanol–water partition coefficient (Wildman–Crippen LogP) is 9.89. The second-order valence-electron chi connectivity index (χ2n) is 10.7. The lowest BCUT2D eigenvalue weighted by molar-refractivity contribution is -0.376. The van der Waals surface area contributed by atoms with E-state index in [-0.39, 0.29) is 24.2 Å². The summed E-state index contributed by atoms with van der Waals surface area (Å²) in [6.45, 7) is 1.72. The lowest BCUT2D eigenvalue weighted by atomic mass is 9.86. The van der Waals surface area contributed by atoms with Crippen LogP contribution in [0.25, 0.3) is 23.1 Å². The number of aryl methyl sites for hydroxylation is 1. The molecule has 0 radical (unpaired) electrons. The molecule has 0 amide bonds. The molecule has 2 unspecified atom stereocenters. The van der Waals surface area contributed by atoms with Gasteiger partial charge in [-0.25, -0.2) is 4.98 Å². The van der Waals surface area contributed by atoms with Crippen LogP contribution in [0.2, 0.25) is 5.02 Å². The number of aliphatic hydroxyl groups is 1. The first-order valence-electron chi connectivity index (χ1n) is 14.3. The standard InChI is InChI=1S/C34H30ClF6NO3S/c1-2-22(31(43)44)20-46-30(17-13-23-7-3-4-9-28(23)32(45,33(36,37)38)34(39,40)41)25-8-5-6-21(18-25)10-15-27-16-12-24-11-14-26(35)19-29(24)42-27/h3-12,14-16,18-19,22,30,45H,2,13,17,20H2,1H3,(H,43,44). The van der Waals surface area contributed by atoms with Gasteiger partial charge in [0.2, 0.25) is 0 Å². The van der Waals surface area contributed by atoms with Gasteiger partial charge in [-0.3, -0.25) is 4.79 Å². The third-order valence-electron chi connectivity index (χ3n) is 7.65. The maximum absolute atomic E-state index is 13.7. The van der Waals surface area contributed by atoms with Crippen molar-refractivity contribution in [2.75, 3.05) is 5.75 Å². The summed E-state index contributed by atoms with van der Waals surface area (Å²) >= 11 is 7.36. The second-order valence-corrected chi connectivity index (χ2v) is 12.4. The number of alkyl halides is 6. The minimum absolute atomic E-state index is 0.0731. The van der Waals surface area contributed by atoms with Gasteiger partial charge < -0.3 is 10.2 Å². The maximum atomic E-state index is 13.7. The van der Waals surface area contributed by atoms with Crippen LogP contribution in [0, 0.1) is 5.92 Å². The molecule has 0 spiro atoms. The lowest BCUT2D eigenvalue weighted by Crippen LogP contribution is -2.54. The zero-order valence-corrected chi connectivity index (χ0v) is 26.0. The molecule has 4 rings (SSSR count). The highest BCUT2D eigenvalue weighted by Gasteiger charge is 2.71. The average molecular weight is 682 g/mol. The fraction of sp³-hybridized carbons (Fsp3) is 0.294. The van der Waals surface area contributed by atoms with E-state index in [1.165, 1.54) is 17.8 Å². The number of pyridine rings is 1. The number of benzene rings is 3. The Labute approximate surface area is 271 Å². The Kier molecular flexibility index (Phi) is 11.1. The Bertz CT molecular complexity index is 1690. The number of carboxylic acids is 1. The van der Waals surface area contributed by atoms with Crippen molar-refractivity contribution < 1.29 is 41.4 Å². The first kappa shape index (κ1) is 35.3. The van der Waals surface area contributed by atoms with Crippen LogP contribution in [-0.2, 0) is 16.8 Å². The highest BCUT2D eigenvalue weighted by Crippen LogP contribution is 2.51. The first-order chi connectivity index (χ1) is 21.6. The molecule has 0 aliphatic rings. The number of aromatic nitrogens is 1. The Hall–Kier alpha value is -3.54. The highest BCUT2D eigenvalue weighted by molar-refractivity contribution is 7.99. The van der Waals surface area contributed by atoms with Crippen molar-refractivity contribution in [1.29, 1.82) is 0 Å². The van der Waals surface area contributed by atoms with Crippen LogP contribution in [0.5, 0.6) is 0 Å². The summed E-state index contributed by atoms with van der Waals surface area (Å²) < 4.78 is 82.5. The van der Waals surface area contributed by atoms with Crippen molar-refractivity contribution in [3.8, 4) is 0 Å². The van der Waals surface area contributed by atoms with Crippen LogP contribution < -0.4 is 0 Å². The van der Waals surface area contributed by atoms with Gasteiger partial charge in [0.05, 0.1) is 17.1 Å². The average Bonchev–Trinajstić information content (AvgIpc) is 3.00. The van der Waals surface area contributed by atoms with Gasteiger partial charge in [0.1, 0.15) is 0 Å². The molecule has 0 saturated heterocycles. The minimum atomic E-state index is -6.02. The van der Waals surface area contributed by atoms with Crippen LogP contribution in [-0.4, -0.2) is 39.3 Å². The highest BCUT2D eigenvalue weighted by atomic mass is 35.5. The smallest absolute Gasteiger partial charge is 0.430 e. The lowest BCUT2D eigenvalue weighted by Gasteiger charge is -2.34. The van der Waals surface area contributed by atoms with Crippen molar-refractivity contribution in [3.05, 3.63) is 112 Å². The van der Waals surface area contributed by atoms with Crippen LogP contribution in [0.4, 0.5) is 26.3 Å². The van der Waals surface area contributed by atoms with Crippen molar-refractivity contribution in [2.45, 2.75) is 49.4 Å². The van der Waals surface area contributed by atoms with Crippen molar-refractivity contribution in [3.63, 3.8) is 0 Å². The van der Waals surface area contributed by atoms with Gasteiger partial charge in [-0.15, -0.1) is 0 Å². The van der Waals surface area contributed by atoms with Gasteiger partial charge in [0, 0.05) is 27.0 Å². The summed E-state index contributed by atoms with van der Waals surface area (Å²) in [5.41, 5.74) is -3.80. The molecular formula is C34H30ClF6NO3S. The number of carbonyl (C=O) groups is 1. The summed E-state index contributed by atoms with van der Waals surface area (Å²) in [6.07, 6.45) is -8.24. The molecule has 46 heavy (non-hydrogen) atoms. The second kappa shape index (κ2) is 14.5. The van der Waals surface area contributed by atoms with E-state index < -0.39 is 40.7 Å². The van der Waals surface area contributed by atoms with E-state index >= 15 is 0 Å². The number of rotatable bonds is 12. The van der Waals surface area contributed by atoms with Crippen molar-refractivity contribution in [1.82, 2.24) is 4.98 Å². The number of carboxylic acid groups (broad SMARTS) is 1. The Morgan fingerprint density at radius 1 is 0.935 bits per heavy atom. The third kappa shape index (κ3) is 8.05. The van der Waals surface area contributed by atoms with E-state index in [1.807, 2.05) is 36.4 Å². The quantitative estimate of drug-likeness (QED) is 0.146. The number of aliphatic carboxylic acids is 1. The molecule has 0 aliphatic heterocycles. The monoisotopic (exact) mass is 681 g/mol. The number of nitrogens with zero attached hydrogens (tertiary/aromatic N) is 1. The molecule has 4 aromatic rings. The predicted molar refractivity (Wildman–Crippen MR) is 170 cm³/mol. The van der Waals surface area contributed by atoms with Crippen LogP contribution in [0.15, 0.2) is 78.9 Å². The number of fused-ring (bicyclic) bond motifs is 1. The summed E-state index contributed by atoms with van der Waals surface area (Å²) in [5.74, 6) is -1.52. The number of hydrogen-bond donors (Lipinski definition) is 2. The summed E-state index contributed by atoms with van der Waals surface area (Å²) in [7, 11) is 0. The van der Waals surface area contributed by atoms with E-state index in [9.17, 15) is 41.4 Å². The molecule has 1 heterocycles. The Morgan fingerprint density at radius 2 is 1.63 bits per heavy atom. The third-order valence-corrected chi connectivity index (χ3v) is 9.39. The van der Waals surface area contributed by atoms with Gasteiger partial charge in [-0.1, -0.05) is 85.3 Å². The van der Waals surface area contributed by atoms with E-state index in [1.54, 1.807) is 37.3 Å². The number of halogens is 7. The van der Waals surface area contributed by atoms with E-state index in [2.05, 4.69) is 4.98 Å². The molecular weight excluding hydrogens is 652 g/mol. The van der Waals surface area contributed by atoms with Crippen LogP contribution >= 0.6 is 23.4 Å². The van der Waals surface area contributed by atoms with Gasteiger partial charge in [-0.2, -0.15) is 38.1 Å². The Balaban J connectivity index is 1.64. The molecule has 244 valence electrons. The summed E-state index contributed by atoms with van der Waals surface area (Å²) in [4.78, 5) is 16.3. The molecule has 4 nitrogen and oxygen atoms in total. The summed E-state index contributed by atoms with van der Waals surface area (Å²) in [5, 5.41) is 20.7. The Morgan fingerprint density at radius 3 is 2.30 bits per heavy atom. The minimum Gasteiger partial charge on any atom is -0.481 e. The molecule has 0 fully saturated rings. The molecule has 2 N–H and O–H groups in total. The van der Waals surface area contributed by atoms with E-state index in [0.717, 1.165) is 23.1 Å². The topological polar surface area (TPSA) is 70.4 Å². The van der Waals surface area contributed by atoms with Gasteiger partial charge in [0.25, 0.3) is 5.60 Å². The molecule has 2 atom stereocenters. The fourth-order valence-electron chi connectivity index (χ4n) is 5.03. The molecule has 0 aliphatic carbocycles. The van der Waals surface area contributed by atoms with Gasteiger partial charge in [-0.05, 0) is 60.2 Å². The van der Waals surface area contributed by atoms with Gasteiger partial charge >= 0.3 is 18.3 Å². The van der Waals surface area contributed by atoms with Crippen LogP contribution in [0.1, 0.15) is 53.0 Å². The number of thioether (sulfide) groups is 1. The zero-order valence-electron chi connectivity index (χ0n) is 24.4. The van der Waals surface area contributed by atoms with E-state index in [4.69, 9.17) is 11.6 Å². The molecule has 0 bridgehead atoms. The van der Waals surface area contributed by atoms with Crippen molar-refractivity contribution in [2.24, 2.45) is 5.92 Å². The van der Waals surface area contributed by atoms with Crippen molar-refractivity contribution >= 4 is 52.4 Å². The van der Waals surface area contributed by atoms with E-state index in [0.29, 0.717) is 34.3 Å². The maximum Gasteiger partial charge on any atom is 0.430 e. The fourth-order valence-corrected chi connectivity index (χ4v) is 6.66. The SMILES string of the molecule is CCC(CSC(CCc1ccccc1C(O)(C(F)(F)F)C(F)(F)F)c1cccc(C=Cc2ccc3ccc(Cl)cc3n2)c1)C(=O)O. The largest absolute Gasteiger partial charge is 0.481 e. The molecule has 3 aromatic carbocycles.